The van der Waals surface area contributed by atoms with Crippen molar-refractivity contribution in [2.75, 3.05) is 55.4 Å². The third-order valence-corrected chi connectivity index (χ3v) is 12.7. The maximum absolute atomic E-state index is 15.4. The summed E-state index contributed by atoms with van der Waals surface area (Å²) in [5.74, 6) is -0.769. The molecule has 0 saturated heterocycles. The highest BCUT2D eigenvalue weighted by Crippen LogP contribution is 2.58. The molecule has 3 aromatic carbocycles. The molecule has 9 aromatic rings. The number of anilines is 3. The molecular formula is C48H49F3N18O7P+. The number of benzene rings is 3. The number of tetrazole rings is 3. The summed E-state index contributed by atoms with van der Waals surface area (Å²) < 4.78 is 62.9. The maximum atomic E-state index is 15.4. The Bertz CT molecular complexity index is 3060. The number of pyridine rings is 3. The fourth-order valence-electron chi connectivity index (χ4n) is 7.33. The number of halogens is 3. The molecule has 6 heterocycles. The lowest BCUT2D eigenvalue weighted by Crippen LogP contribution is -2.30. The van der Waals surface area contributed by atoms with Gasteiger partial charge in [-0.25, -0.2) is 13.2 Å². The molecule has 9 rings (SSSR count). The molecule has 6 aromatic heterocycles. The van der Waals surface area contributed by atoms with E-state index in [4.69, 9.17) is 13.6 Å². The van der Waals surface area contributed by atoms with Gasteiger partial charge in [-0.15, -0.1) is 30.6 Å². The van der Waals surface area contributed by atoms with E-state index < -0.39 is 63.8 Å². The van der Waals surface area contributed by atoms with Gasteiger partial charge in [0.15, 0.2) is 0 Å². The van der Waals surface area contributed by atoms with Gasteiger partial charge < -0.3 is 31.3 Å². The first-order valence-electron chi connectivity index (χ1n) is 23.5. The van der Waals surface area contributed by atoms with Crippen molar-refractivity contribution in [3.63, 3.8) is 0 Å². The number of aryl methyl sites for hydroxylation is 3. The average molecular weight is 1080 g/mol. The molecule has 0 aliphatic heterocycles. The van der Waals surface area contributed by atoms with Crippen LogP contribution in [-0.4, -0.2) is 154 Å². The molecule has 0 bridgehead atoms. The highest BCUT2D eigenvalue weighted by atomic mass is 31.2. The highest BCUT2D eigenvalue weighted by molar-refractivity contribution is 7.55. The second kappa shape index (κ2) is 24.1. The maximum Gasteiger partial charge on any atom is 0.572 e. The van der Waals surface area contributed by atoms with Crippen LogP contribution in [0.25, 0.3) is 67.9 Å². The van der Waals surface area contributed by atoms with Crippen LogP contribution in [-0.2, 0) is 34.7 Å². The molecule has 0 fully saturated rings. The zero-order valence-electron chi connectivity index (χ0n) is 41.2. The van der Waals surface area contributed by atoms with Gasteiger partial charge in [0.1, 0.15) is 54.4 Å². The summed E-state index contributed by atoms with van der Waals surface area (Å²) in [5, 5.41) is 77.0. The molecular weight excluding hydrogens is 1030 g/mol. The molecule has 25 nitrogen and oxygen atoms in total. The fourth-order valence-corrected chi connectivity index (χ4v) is 8.64. The van der Waals surface area contributed by atoms with Gasteiger partial charge in [-0.2, -0.15) is 32.9 Å². The minimum absolute atomic E-state index is 0.186. The van der Waals surface area contributed by atoms with E-state index in [0.29, 0.717) is 68.3 Å². The van der Waals surface area contributed by atoms with Gasteiger partial charge in [0, 0.05) is 88.7 Å². The van der Waals surface area contributed by atoms with Crippen LogP contribution >= 0.6 is 8.17 Å². The van der Waals surface area contributed by atoms with E-state index in [1.807, 2.05) is 0 Å². The summed E-state index contributed by atoms with van der Waals surface area (Å²) in [6.45, 7) is -2.30. The van der Waals surface area contributed by atoms with E-state index in [1.165, 1.54) is 51.2 Å². The second-order valence-electron chi connectivity index (χ2n) is 17.1. The Labute approximate surface area is 436 Å². The predicted molar refractivity (Wildman–Crippen MR) is 273 cm³/mol. The van der Waals surface area contributed by atoms with Crippen molar-refractivity contribution in [3.8, 4) is 67.9 Å². The van der Waals surface area contributed by atoms with Crippen molar-refractivity contribution in [1.29, 1.82) is 0 Å². The van der Waals surface area contributed by atoms with Crippen LogP contribution in [0.3, 0.4) is 0 Å². The van der Waals surface area contributed by atoms with Crippen LogP contribution < -0.4 is 16.0 Å². The van der Waals surface area contributed by atoms with E-state index in [0.717, 1.165) is 0 Å². The molecule has 0 saturated carbocycles. The molecule has 0 amide bonds. The minimum atomic E-state index is -4.43. The lowest BCUT2D eigenvalue weighted by atomic mass is 10.1. The van der Waals surface area contributed by atoms with Crippen LogP contribution in [0.4, 0.5) is 30.2 Å². The number of hydrogen-bond donors (Lipinski definition) is 7. The third kappa shape index (κ3) is 13.9. The van der Waals surface area contributed by atoms with Crippen LogP contribution in [0, 0.1) is 17.5 Å². The first kappa shape index (κ1) is 53.5. The van der Waals surface area contributed by atoms with Crippen LogP contribution in [0.5, 0.6) is 0 Å². The molecule has 3 atom stereocenters. The number of nitrogens with one attached hydrogen (secondary N) is 3. The van der Waals surface area contributed by atoms with Gasteiger partial charge in [0.2, 0.25) is 17.5 Å². The van der Waals surface area contributed by atoms with E-state index in [9.17, 15) is 20.2 Å². The molecule has 0 aliphatic carbocycles. The lowest BCUT2D eigenvalue weighted by Gasteiger charge is -2.20. The second-order valence-corrected chi connectivity index (χ2v) is 18.9. The minimum Gasteiger partial charge on any atom is -0.389 e. The van der Waals surface area contributed by atoms with Crippen LogP contribution in [0.2, 0.25) is 0 Å². The number of hydrogen-bond acceptors (Lipinski definition) is 22. The number of aromatic nitrogens is 15. The Morgan fingerprint density at radius 3 is 1.00 bits per heavy atom. The molecule has 398 valence electrons. The van der Waals surface area contributed by atoms with Gasteiger partial charge in [-0.05, 0) is 88.4 Å². The third-order valence-electron chi connectivity index (χ3n) is 11.3. The zero-order chi connectivity index (χ0) is 54.1. The summed E-state index contributed by atoms with van der Waals surface area (Å²) in [6.07, 6.45) is 0.471. The van der Waals surface area contributed by atoms with Crippen LogP contribution in [0.15, 0.2) is 110 Å². The van der Waals surface area contributed by atoms with Gasteiger partial charge in [0.25, 0.3) is 0 Å². The normalized spacial score (nSPS) is 12.9. The Morgan fingerprint density at radius 2 is 0.766 bits per heavy atom. The highest BCUT2D eigenvalue weighted by Gasteiger charge is 2.46. The van der Waals surface area contributed by atoms with Crippen molar-refractivity contribution >= 4 is 25.2 Å². The smallest absolute Gasteiger partial charge is 0.389 e. The molecule has 0 spiro atoms. The average Bonchev–Trinajstić information content (AvgIpc) is 4.21. The molecule has 77 heavy (non-hydrogen) atoms. The van der Waals surface area contributed by atoms with E-state index >= 15 is 13.2 Å². The summed E-state index contributed by atoms with van der Waals surface area (Å²) in [5.41, 5.74) is 4.62. The van der Waals surface area contributed by atoms with Crippen molar-refractivity contribution < 1.29 is 47.0 Å². The van der Waals surface area contributed by atoms with Crippen LogP contribution in [0.1, 0.15) is 0 Å². The summed E-state index contributed by atoms with van der Waals surface area (Å²) in [4.78, 5) is 28.4. The molecule has 0 unspecified atom stereocenters. The fraction of sp³-hybridized carbons (Fsp3) is 0.250. The largest absolute Gasteiger partial charge is 0.572 e. The summed E-state index contributed by atoms with van der Waals surface area (Å²) in [6, 6.07) is 23.1. The van der Waals surface area contributed by atoms with Gasteiger partial charge in [0.05, 0.1) is 39.5 Å². The molecule has 0 aliphatic rings. The van der Waals surface area contributed by atoms with E-state index in [2.05, 4.69) is 77.1 Å². The van der Waals surface area contributed by atoms with Crippen molar-refractivity contribution in [2.45, 2.75) is 18.3 Å². The SMILES string of the molecule is Cn1nnc(-c2ccc(-c3ccc(NC[C@@H](O)CO[P+](O)(OC[C@H](O)CNc4ccc(-c5ccc(-c6nnn(C)n6)nc5)c(F)c4)OC[C@H](O)CNc4ccc(-c5ccc(-c6nnn(C)n6)nc5)c(F)c4)cc3F)cn2)n1. The Hall–Kier alpha value is -8.34. The Kier molecular flexibility index (Phi) is 16.7. The summed E-state index contributed by atoms with van der Waals surface area (Å²) in [7, 11) is 0.448. The molecule has 7 N–H and O–H groups in total. The number of nitrogens with zero attached hydrogens (tertiary/aromatic N) is 15. The van der Waals surface area contributed by atoms with Crippen molar-refractivity contribution in [3.05, 3.63) is 127 Å². The quantitative estimate of drug-likeness (QED) is 0.0415. The Balaban J connectivity index is 0.792. The van der Waals surface area contributed by atoms with Gasteiger partial charge in [-0.3, -0.25) is 15.0 Å². The lowest BCUT2D eigenvalue weighted by molar-refractivity contribution is 0.00823. The summed E-state index contributed by atoms with van der Waals surface area (Å²) >= 11 is 0. The number of aliphatic hydroxyl groups excluding tert-OH is 3. The van der Waals surface area contributed by atoms with Gasteiger partial charge in [-0.1, -0.05) is 18.2 Å². The monoisotopic (exact) mass is 1080 g/mol. The molecule has 0 radical (unpaired) electrons. The van der Waals surface area contributed by atoms with E-state index in [-0.39, 0.29) is 36.3 Å². The first-order valence-corrected chi connectivity index (χ1v) is 25.0. The standard InChI is InChI=1S/C48H49F3N18O7P/c1-67-61-46(58-64-67)43-13-4-28(19-55-43)37-10-7-31(16-40(37)49)52-22-34(70)25-74-77(73,75-26-35(71)23-53-32-8-11-38(41(50)17-32)29-5-14-44(56-20-29)47-59-65-68(2)62-47)76-27-36(72)24-54-33-9-12-39(42(51)18-33)30-6-15-45(57-21-30)48-60-66-69(3)63-48/h4-21,34-36,52-54,70-73H,22-27H2,1-3H3/q+1/t34-,35-,36-/m1/s1. The first-order chi connectivity index (χ1) is 37.1. The number of aliphatic hydroxyl groups is 3. The van der Waals surface area contributed by atoms with Gasteiger partial charge >= 0.3 is 8.17 Å². The Morgan fingerprint density at radius 1 is 0.468 bits per heavy atom. The van der Waals surface area contributed by atoms with E-state index in [1.54, 1.807) is 93.9 Å². The zero-order valence-corrected chi connectivity index (χ0v) is 42.1. The topological polar surface area (TPSA) is 314 Å². The number of rotatable bonds is 24. The van der Waals surface area contributed by atoms with Crippen molar-refractivity contribution in [1.82, 2.24) is 75.6 Å². The van der Waals surface area contributed by atoms with Crippen molar-refractivity contribution in [2.24, 2.45) is 21.1 Å². The molecule has 29 heteroatoms. The predicted octanol–water partition coefficient (Wildman–Crippen LogP) is 4.30.